The fourth-order valence-corrected chi connectivity index (χ4v) is 1.18. The summed E-state index contributed by atoms with van der Waals surface area (Å²) in [6, 6.07) is 0.197. The van der Waals surface area contributed by atoms with Gasteiger partial charge in [0.15, 0.2) is 0 Å². The van der Waals surface area contributed by atoms with Crippen LogP contribution in [0.2, 0.25) is 0 Å². The standard InChI is InChI=1S/C8H13NO2/c1-6-7(8(10)11-3)4-5-9(6)2/h4,6H,5H2,1-3H3/t6-/m0/s1. The molecule has 3 heteroatoms. The van der Waals surface area contributed by atoms with Gasteiger partial charge in [-0.2, -0.15) is 0 Å². The normalized spacial score (nSPS) is 25.0. The molecule has 1 atom stereocenters. The molecule has 0 aromatic heterocycles. The molecule has 0 N–H and O–H groups in total. The number of methoxy groups -OCH3 is 1. The molecule has 0 aromatic rings. The Balaban J connectivity index is 2.67. The van der Waals surface area contributed by atoms with E-state index in [1.807, 2.05) is 20.0 Å². The van der Waals surface area contributed by atoms with Gasteiger partial charge in [-0.05, 0) is 14.0 Å². The van der Waals surface area contributed by atoms with Crippen molar-refractivity contribution >= 4 is 5.97 Å². The molecule has 0 aliphatic carbocycles. The van der Waals surface area contributed by atoms with Crippen LogP contribution in [0, 0.1) is 0 Å². The molecule has 1 heterocycles. The predicted octanol–water partition coefficient (Wildman–Crippen LogP) is 0.420. The molecule has 1 aliphatic rings. The van der Waals surface area contributed by atoms with Crippen LogP contribution in [-0.4, -0.2) is 37.6 Å². The number of carbonyl (C=O) groups is 1. The molecule has 0 spiro atoms. The lowest BCUT2D eigenvalue weighted by Gasteiger charge is -2.16. The maximum Gasteiger partial charge on any atom is 0.335 e. The molecule has 62 valence electrons. The fourth-order valence-electron chi connectivity index (χ4n) is 1.18. The van der Waals surface area contributed by atoms with Crippen molar-refractivity contribution in [2.45, 2.75) is 13.0 Å². The second-order valence-electron chi connectivity index (χ2n) is 2.77. The first kappa shape index (κ1) is 8.27. The minimum atomic E-state index is -0.207. The van der Waals surface area contributed by atoms with Crippen molar-refractivity contribution in [2.24, 2.45) is 0 Å². The SMILES string of the molecule is COC(=O)C1=CCN(C)[C@H]1C. The van der Waals surface area contributed by atoms with E-state index in [9.17, 15) is 4.79 Å². The average Bonchev–Trinajstić information content (AvgIpc) is 2.32. The Morgan fingerprint density at radius 3 is 2.82 bits per heavy atom. The van der Waals surface area contributed by atoms with E-state index in [0.29, 0.717) is 0 Å². The van der Waals surface area contributed by atoms with E-state index in [2.05, 4.69) is 9.64 Å². The Morgan fingerprint density at radius 2 is 2.45 bits per heavy atom. The van der Waals surface area contributed by atoms with Gasteiger partial charge in [0, 0.05) is 12.6 Å². The Hall–Kier alpha value is -0.830. The largest absolute Gasteiger partial charge is 0.466 e. The van der Waals surface area contributed by atoms with Crippen molar-refractivity contribution in [3.8, 4) is 0 Å². The molecule has 11 heavy (non-hydrogen) atoms. The van der Waals surface area contributed by atoms with Gasteiger partial charge in [-0.25, -0.2) is 4.79 Å². The lowest BCUT2D eigenvalue weighted by atomic mass is 10.1. The zero-order valence-electron chi connectivity index (χ0n) is 7.13. The van der Waals surface area contributed by atoms with E-state index in [1.165, 1.54) is 7.11 Å². The Morgan fingerprint density at radius 1 is 1.82 bits per heavy atom. The predicted molar refractivity (Wildman–Crippen MR) is 42.2 cm³/mol. The van der Waals surface area contributed by atoms with Crippen molar-refractivity contribution in [3.63, 3.8) is 0 Å². The number of likely N-dealkylation sites (N-methyl/N-ethyl adjacent to an activating group) is 1. The summed E-state index contributed by atoms with van der Waals surface area (Å²) in [5.74, 6) is -0.207. The molecule has 1 aliphatic heterocycles. The van der Waals surface area contributed by atoms with Crippen LogP contribution in [0.15, 0.2) is 11.6 Å². The molecule has 3 nitrogen and oxygen atoms in total. The third-order valence-corrected chi connectivity index (χ3v) is 2.13. The van der Waals surface area contributed by atoms with Crippen LogP contribution in [0.5, 0.6) is 0 Å². The molecule has 0 aromatic carbocycles. The van der Waals surface area contributed by atoms with Crippen molar-refractivity contribution in [2.75, 3.05) is 20.7 Å². The lowest BCUT2D eigenvalue weighted by molar-refractivity contribution is -0.136. The number of hydrogen-bond acceptors (Lipinski definition) is 3. The summed E-state index contributed by atoms with van der Waals surface area (Å²) in [5, 5.41) is 0. The average molecular weight is 155 g/mol. The minimum Gasteiger partial charge on any atom is -0.466 e. The number of esters is 1. The van der Waals surface area contributed by atoms with E-state index in [0.717, 1.165) is 12.1 Å². The molecule has 0 saturated carbocycles. The van der Waals surface area contributed by atoms with Gasteiger partial charge < -0.3 is 4.74 Å². The first-order valence-corrected chi connectivity index (χ1v) is 3.65. The number of carbonyl (C=O) groups excluding carboxylic acids is 1. The van der Waals surface area contributed by atoms with Gasteiger partial charge in [0.05, 0.1) is 12.7 Å². The molecule has 0 amide bonds. The van der Waals surface area contributed by atoms with Crippen molar-refractivity contribution in [1.82, 2.24) is 4.90 Å². The summed E-state index contributed by atoms with van der Waals surface area (Å²) in [6.45, 7) is 2.83. The van der Waals surface area contributed by atoms with E-state index >= 15 is 0 Å². The van der Waals surface area contributed by atoms with E-state index in [1.54, 1.807) is 0 Å². The topological polar surface area (TPSA) is 29.5 Å². The molecule has 0 radical (unpaired) electrons. The molecule has 0 unspecified atom stereocenters. The highest BCUT2D eigenvalue weighted by Crippen LogP contribution is 2.16. The second kappa shape index (κ2) is 3.05. The van der Waals surface area contributed by atoms with Crippen LogP contribution in [0.3, 0.4) is 0 Å². The monoisotopic (exact) mass is 155 g/mol. The van der Waals surface area contributed by atoms with Crippen molar-refractivity contribution < 1.29 is 9.53 Å². The lowest BCUT2D eigenvalue weighted by Crippen LogP contribution is -2.27. The van der Waals surface area contributed by atoms with Crippen LogP contribution >= 0.6 is 0 Å². The van der Waals surface area contributed by atoms with E-state index in [4.69, 9.17) is 0 Å². The van der Waals surface area contributed by atoms with Crippen molar-refractivity contribution in [1.29, 1.82) is 0 Å². The summed E-state index contributed by atoms with van der Waals surface area (Å²) in [5.41, 5.74) is 0.773. The second-order valence-corrected chi connectivity index (χ2v) is 2.77. The van der Waals surface area contributed by atoms with Gasteiger partial charge in [0.2, 0.25) is 0 Å². The Bertz CT molecular complexity index is 198. The van der Waals surface area contributed by atoms with Crippen LogP contribution in [-0.2, 0) is 9.53 Å². The smallest absolute Gasteiger partial charge is 0.335 e. The first-order chi connectivity index (χ1) is 5.16. The third-order valence-electron chi connectivity index (χ3n) is 2.13. The fraction of sp³-hybridized carbons (Fsp3) is 0.625. The van der Waals surface area contributed by atoms with Gasteiger partial charge in [-0.15, -0.1) is 0 Å². The summed E-state index contributed by atoms with van der Waals surface area (Å²) >= 11 is 0. The quantitative estimate of drug-likeness (QED) is 0.514. The van der Waals surface area contributed by atoms with Gasteiger partial charge in [0.25, 0.3) is 0 Å². The highest BCUT2D eigenvalue weighted by atomic mass is 16.5. The van der Waals surface area contributed by atoms with Crippen molar-refractivity contribution in [3.05, 3.63) is 11.6 Å². The van der Waals surface area contributed by atoms with Crippen LogP contribution in [0.1, 0.15) is 6.92 Å². The molecule has 1 rings (SSSR count). The zero-order chi connectivity index (χ0) is 8.43. The minimum absolute atomic E-state index is 0.197. The van der Waals surface area contributed by atoms with Crippen LogP contribution < -0.4 is 0 Å². The number of hydrogen-bond donors (Lipinski definition) is 0. The third kappa shape index (κ3) is 1.43. The van der Waals surface area contributed by atoms with Gasteiger partial charge in [-0.1, -0.05) is 6.08 Å². The van der Waals surface area contributed by atoms with E-state index in [-0.39, 0.29) is 12.0 Å². The van der Waals surface area contributed by atoms with Crippen LogP contribution in [0.25, 0.3) is 0 Å². The summed E-state index contributed by atoms with van der Waals surface area (Å²) in [7, 11) is 3.39. The number of rotatable bonds is 1. The van der Waals surface area contributed by atoms with Crippen LogP contribution in [0.4, 0.5) is 0 Å². The summed E-state index contributed by atoms with van der Waals surface area (Å²) < 4.78 is 4.62. The molecule has 0 saturated heterocycles. The molecule has 0 bridgehead atoms. The molecular formula is C8H13NO2. The Labute approximate surface area is 66.6 Å². The van der Waals surface area contributed by atoms with Gasteiger partial charge >= 0.3 is 5.97 Å². The number of nitrogens with zero attached hydrogens (tertiary/aromatic N) is 1. The Kier molecular flexibility index (Phi) is 2.29. The highest BCUT2D eigenvalue weighted by Gasteiger charge is 2.25. The molecular weight excluding hydrogens is 142 g/mol. The molecule has 0 fully saturated rings. The van der Waals surface area contributed by atoms with Gasteiger partial charge in [0.1, 0.15) is 0 Å². The highest BCUT2D eigenvalue weighted by molar-refractivity contribution is 5.90. The maximum atomic E-state index is 11.1. The summed E-state index contributed by atoms with van der Waals surface area (Å²) in [6.07, 6.45) is 1.91. The number of ether oxygens (including phenoxy) is 1. The van der Waals surface area contributed by atoms with E-state index < -0.39 is 0 Å². The zero-order valence-corrected chi connectivity index (χ0v) is 7.13. The first-order valence-electron chi connectivity index (χ1n) is 3.65. The summed E-state index contributed by atoms with van der Waals surface area (Å²) in [4.78, 5) is 13.1. The van der Waals surface area contributed by atoms with Gasteiger partial charge in [-0.3, -0.25) is 4.90 Å². The maximum absolute atomic E-state index is 11.1.